The molecule has 0 aromatic carbocycles. The molecule has 1 amide bonds. The molecule has 0 radical (unpaired) electrons. The number of hydrogen-bond donors (Lipinski definition) is 1. The molecule has 0 heterocycles. The van der Waals surface area contributed by atoms with Crippen molar-refractivity contribution in [2.24, 2.45) is 34.5 Å². The van der Waals surface area contributed by atoms with Crippen LogP contribution in [0.5, 0.6) is 0 Å². The number of ketones is 1. The zero-order chi connectivity index (χ0) is 17.1. The molecular formula is C21H33NO2. The number of rotatable bonds is 1. The molecule has 3 nitrogen and oxygen atoms in total. The molecule has 4 aliphatic rings. The van der Waals surface area contributed by atoms with Crippen LogP contribution in [-0.4, -0.2) is 17.7 Å². The molecule has 3 heteroatoms. The highest BCUT2D eigenvalue weighted by Crippen LogP contribution is 2.65. The second-order valence-electron chi connectivity index (χ2n) is 9.75. The molecule has 0 bridgehead atoms. The van der Waals surface area contributed by atoms with Gasteiger partial charge in [0.05, 0.1) is 0 Å². The van der Waals surface area contributed by atoms with Crippen LogP contribution in [0.2, 0.25) is 0 Å². The molecule has 1 N–H and O–H groups in total. The van der Waals surface area contributed by atoms with Crippen LogP contribution < -0.4 is 5.32 Å². The van der Waals surface area contributed by atoms with Crippen molar-refractivity contribution >= 4 is 11.7 Å². The molecule has 4 saturated carbocycles. The molecule has 7 atom stereocenters. The monoisotopic (exact) mass is 331 g/mol. The van der Waals surface area contributed by atoms with Crippen LogP contribution in [0.4, 0.5) is 0 Å². The van der Waals surface area contributed by atoms with Crippen LogP contribution in [0.15, 0.2) is 0 Å². The zero-order valence-electron chi connectivity index (χ0n) is 15.6. The van der Waals surface area contributed by atoms with E-state index >= 15 is 0 Å². The van der Waals surface area contributed by atoms with Gasteiger partial charge in [0.2, 0.25) is 5.91 Å². The Bertz CT molecular complexity index is 558. The van der Waals surface area contributed by atoms with Gasteiger partial charge >= 0.3 is 0 Å². The number of carbonyl (C=O) groups is 2. The van der Waals surface area contributed by atoms with Gasteiger partial charge in [-0.25, -0.2) is 0 Å². The molecule has 0 aliphatic heterocycles. The molecule has 0 saturated heterocycles. The van der Waals surface area contributed by atoms with Gasteiger partial charge in [-0.3, -0.25) is 9.59 Å². The Balaban J connectivity index is 1.54. The fourth-order valence-corrected chi connectivity index (χ4v) is 7.45. The van der Waals surface area contributed by atoms with Crippen LogP contribution in [-0.2, 0) is 9.59 Å². The van der Waals surface area contributed by atoms with Crippen molar-refractivity contribution in [2.45, 2.75) is 84.6 Å². The summed E-state index contributed by atoms with van der Waals surface area (Å²) in [6.07, 6.45) is 10.5. The maximum atomic E-state index is 12.5. The van der Waals surface area contributed by atoms with Crippen molar-refractivity contribution in [1.29, 1.82) is 0 Å². The lowest BCUT2D eigenvalue weighted by atomic mass is 9.45. The number of Topliss-reactive ketones (excluding diaryl/α,β-unsaturated/α-hetero) is 1. The average Bonchev–Trinajstić information content (AvgIpc) is 2.83. The van der Waals surface area contributed by atoms with E-state index in [4.69, 9.17) is 0 Å². The minimum Gasteiger partial charge on any atom is -0.354 e. The minimum absolute atomic E-state index is 0.00223. The van der Waals surface area contributed by atoms with E-state index in [0.717, 1.165) is 43.4 Å². The van der Waals surface area contributed by atoms with Crippen molar-refractivity contribution in [3.05, 3.63) is 0 Å². The molecule has 4 fully saturated rings. The van der Waals surface area contributed by atoms with Crippen LogP contribution in [0.1, 0.15) is 78.6 Å². The van der Waals surface area contributed by atoms with E-state index in [1.165, 1.54) is 32.1 Å². The highest BCUT2D eigenvalue weighted by atomic mass is 16.1. The quantitative estimate of drug-likeness (QED) is 0.786. The third kappa shape index (κ3) is 2.29. The fraction of sp³-hybridized carbons (Fsp3) is 0.905. The van der Waals surface area contributed by atoms with E-state index in [1.807, 2.05) is 0 Å². The summed E-state index contributed by atoms with van der Waals surface area (Å²) in [5.41, 5.74) is 0.433. The van der Waals surface area contributed by atoms with Crippen LogP contribution >= 0.6 is 0 Å². The van der Waals surface area contributed by atoms with Crippen molar-refractivity contribution in [2.75, 3.05) is 0 Å². The van der Waals surface area contributed by atoms with Crippen LogP contribution in [0, 0.1) is 34.5 Å². The summed E-state index contributed by atoms with van der Waals surface area (Å²) in [6.45, 7) is 6.45. The summed E-state index contributed by atoms with van der Waals surface area (Å²) in [5, 5.41) is 3.17. The van der Waals surface area contributed by atoms with Gasteiger partial charge in [0.1, 0.15) is 5.78 Å². The molecule has 0 aromatic rings. The van der Waals surface area contributed by atoms with Crippen molar-refractivity contribution < 1.29 is 9.59 Å². The second kappa shape index (κ2) is 5.57. The van der Waals surface area contributed by atoms with Crippen molar-refractivity contribution in [3.8, 4) is 0 Å². The number of nitrogens with one attached hydrogen (secondary N) is 1. The SMILES string of the molecule is CC(=O)N[C@H]1CC[C@@]2(C)[C@H](CC[C@@H]3[C@@H]2CC[C@]2(C)C(=O)CC[C@@H]32)C1. The average molecular weight is 332 g/mol. The highest BCUT2D eigenvalue weighted by Gasteiger charge is 2.60. The number of hydrogen-bond acceptors (Lipinski definition) is 2. The first-order valence-corrected chi connectivity index (χ1v) is 10.1. The smallest absolute Gasteiger partial charge is 0.217 e. The lowest BCUT2D eigenvalue weighted by Crippen LogP contribution is -2.55. The highest BCUT2D eigenvalue weighted by molar-refractivity contribution is 5.87. The van der Waals surface area contributed by atoms with E-state index in [2.05, 4.69) is 19.2 Å². The molecule has 4 rings (SSSR count). The van der Waals surface area contributed by atoms with E-state index in [0.29, 0.717) is 23.2 Å². The minimum atomic E-state index is -0.00223. The maximum absolute atomic E-state index is 12.5. The van der Waals surface area contributed by atoms with Gasteiger partial charge in [0.15, 0.2) is 0 Å². The predicted molar refractivity (Wildman–Crippen MR) is 94.3 cm³/mol. The van der Waals surface area contributed by atoms with Crippen molar-refractivity contribution in [3.63, 3.8) is 0 Å². The Morgan fingerprint density at radius 3 is 2.58 bits per heavy atom. The molecule has 24 heavy (non-hydrogen) atoms. The molecule has 4 aliphatic carbocycles. The van der Waals surface area contributed by atoms with Gasteiger partial charge in [-0.1, -0.05) is 13.8 Å². The third-order valence-corrected chi connectivity index (χ3v) is 8.78. The Hall–Kier alpha value is -0.860. The largest absolute Gasteiger partial charge is 0.354 e. The van der Waals surface area contributed by atoms with E-state index in [1.54, 1.807) is 6.92 Å². The summed E-state index contributed by atoms with van der Waals surface area (Å²) >= 11 is 0. The molecule has 0 unspecified atom stereocenters. The van der Waals surface area contributed by atoms with Crippen LogP contribution in [0.25, 0.3) is 0 Å². The Morgan fingerprint density at radius 1 is 1.04 bits per heavy atom. The van der Waals surface area contributed by atoms with Gasteiger partial charge in [-0.2, -0.15) is 0 Å². The first-order valence-electron chi connectivity index (χ1n) is 10.1. The summed E-state index contributed by atoms with van der Waals surface area (Å²) in [6, 6.07) is 0.388. The topological polar surface area (TPSA) is 46.2 Å². The van der Waals surface area contributed by atoms with Gasteiger partial charge in [-0.05, 0) is 80.5 Å². The van der Waals surface area contributed by atoms with Gasteiger partial charge in [0, 0.05) is 24.8 Å². The molecule has 0 spiro atoms. The first-order chi connectivity index (χ1) is 11.3. The van der Waals surface area contributed by atoms with Crippen molar-refractivity contribution in [1.82, 2.24) is 5.32 Å². The zero-order valence-corrected chi connectivity index (χ0v) is 15.6. The summed E-state index contributed by atoms with van der Waals surface area (Å²) < 4.78 is 0. The third-order valence-electron chi connectivity index (χ3n) is 8.78. The predicted octanol–water partition coefficient (Wildman–Crippen LogP) is 4.10. The lowest BCUT2D eigenvalue weighted by Gasteiger charge is -2.60. The Labute approximate surface area is 146 Å². The first kappa shape index (κ1) is 16.6. The summed E-state index contributed by atoms with van der Waals surface area (Å²) in [7, 11) is 0. The van der Waals surface area contributed by atoms with E-state index in [-0.39, 0.29) is 11.3 Å². The Kier molecular flexibility index (Phi) is 3.85. The van der Waals surface area contributed by atoms with Gasteiger partial charge < -0.3 is 5.32 Å². The standard InChI is InChI=1S/C21H33NO2/c1-13(23)22-15-8-10-20(2)14(12-15)4-5-16-17-6-7-19(24)21(17,3)11-9-18(16)20/h14-18H,4-12H2,1-3H3,(H,22,23)/t14-,15+,16+,17+,18+,20+,21+/m1/s1. The molecular weight excluding hydrogens is 298 g/mol. The number of carbonyl (C=O) groups excluding carboxylic acids is 2. The lowest BCUT2D eigenvalue weighted by molar-refractivity contribution is -0.139. The number of fused-ring (bicyclic) bond motifs is 5. The van der Waals surface area contributed by atoms with E-state index in [9.17, 15) is 9.59 Å². The summed E-state index contributed by atoms with van der Waals surface area (Å²) in [5.74, 6) is 3.65. The molecule has 0 aromatic heterocycles. The fourth-order valence-electron chi connectivity index (χ4n) is 7.45. The summed E-state index contributed by atoms with van der Waals surface area (Å²) in [4.78, 5) is 23.9. The van der Waals surface area contributed by atoms with E-state index < -0.39 is 0 Å². The van der Waals surface area contributed by atoms with Crippen LogP contribution in [0.3, 0.4) is 0 Å². The maximum Gasteiger partial charge on any atom is 0.217 e. The van der Waals surface area contributed by atoms with Gasteiger partial charge in [-0.15, -0.1) is 0 Å². The second-order valence-corrected chi connectivity index (χ2v) is 9.75. The number of amides is 1. The van der Waals surface area contributed by atoms with Gasteiger partial charge in [0.25, 0.3) is 0 Å². The molecule has 134 valence electrons. The Morgan fingerprint density at radius 2 is 1.83 bits per heavy atom. The normalized spacial score (nSPS) is 50.6.